The number of hydrogen-bond donors (Lipinski definition) is 4. The highest BCUT2D eigenvalue weighted by Crippen LogP contribution is 2.28. The van der Waals surface area contributed by atoms with Crippen molar-refractivity contribution in [1.82, 2.24) is 34.9 Å². The number of likely N-dealkylation sites (N-methyl/N-ethyl adjacent to an activating group) is 1. The number of carbonyl (C=O) groups is 1. The zero-order valence-electron chi connectivity index (χ0n) is 21.0. The van der Waals surface area contributed by atoms with Gasteiger partial charge in [-0.15, -0.1) is 5.10 Å². The number of aryl methyl sites for hydroxylation is 1. The van der Waals surface area contributed by atoms with E-state index in [1.54, 1.807) is 18.0 Å². The van der Waals surface area contributed by atoms with Crippen LogP contribution in [0.3, 0.4) is 0 Å². The predicted molar refractivity (Wildman–Crippen MR) is 139 cm³/mol. The molecule has 2 aliphatic rings. The number of pyridine rings is 1. The molecule has 5 rings (SSSR count). The lowest BCUT2D eigenvalue weighted by Gasteiger charge is -2.31. The molecule has 190 valence electrons. The Balaban J connectivity index is 1.35. The number of aromatic nitrogens is 4. The fourth-order valence-corrected chi connectivity index (χ4v) is 4.49. The minimum absolute atomic E-state index is 0.0688. The molecule has 0 radical (unpaired) electrons. The van der Waals surface area contributed by atoms with Gasteiger partial charge in [0, 0.05) is 62.8 Å². The summed E-state index contributed by atoms with van der Waals surface area (Å²) in [5.41, 5.74) is 4.27. The van der Waals surface area contributed by atoms with Crippen molar-refractivity contribution in [2.75, 3.05) is 57.5 Å². The van der Waals surface area contributed by atoms with Crippen LogP contribution in [0.2, 0.25) is 0 Å². The van der Waals surface area contributed by atoms with E-state index in [1.807, 2.05) is 38.6 Å². The lowest BCUT2D eigenvalue weighted by molar-refractivity contribution is -0.117. The van der Waals surface area contributed by atoms with Crippen LogP contribution in [0.4, 0.5) is 11.5 Å². The molecule has 2 aliphatic heterocycles. The number of anilines is 2. The van der Waals surface area contributed by atoms with Crippen LogP contribution in [-0.4, -0.2) is 94.3 Å². The summed E-state index contributed by atoms with van der Waals surface area (Å²) < 4.78 is 7.03. The lowest BCUT2D eigenvalue weighted by Crippen LogP contribution is -2.47. The zero-order valence-corrected chi connectivity index (χ0v) is 21.0. The Morgan fingerprint density at radius 3 is 2.83 bits per heavy atom. The number of allylic oxidation sites excluding steroid dienone is 1. The van der Waals surface area contributed by atoms with E-state index in [2.05, 4.69) is 47.9 Å². The van der Waals surface area contributed by atoms with Crippen molar-refractivity contribution in [3.63, 3.8) is 0 Å². The molecular formula is C24H32N10O2. The third-order valence-corrected chi connectivity index (χ3v) is 6.45. The molecule has 3 aromatic heterocycles. The SMILES string of the molecule is COc1nn(C)cc1NC1N=C(c2c[nH]c3c(NC(=O)CN4CCN(C)CC4)nccc23)C(C)=CN1. The van der Waals surface area contributed by atoms with Crippen LogP contribution >= 0.6 is 0 Å². The van der Waals surface area contributed by atoms with Gasteiger partial charge in [0.25, 0.3) is 5.88 Å². The minimum atomic E-state index is -0.406. The number of aromatic amines is 1. The van der Waals surface area contributed by atoms with Crippen molar-refractivity contribution >= 4 is 34.0 Å². The van der Waals surface area contributed by atoms with Gasteiger partial charge in [-0.3, -0.25) is 14.4 Å². The van der Waals surface area contributed by atoms with E-state index in [9.17, 15) is 4.79 Å². The van der Waals surface area contributed by atoms with Gasteiger partial charge in [-0.05, 0) is 25.6 Å². The van der Waals surface area contributed by atoms with Crippen molar-refractivity contribution in [1.29, 1.82) is 0 Å². The molecule has 4 N–H and O–H groups in total. The second-order valence-electron chi connectivity index (χ2n) is 9.16. The highest BCUT2D eigenvalue weighted by molar-refractivity contribution is 6.20. The molecule has 3 aromatic rings. The van der Waals surface area contributed by atoms with Gasteiger partial charge < -0.3 is 30.6 Å². The highest BCUT2D eigenvalue weighted by Gasteiger charge is 2.22. The molecule has 12 heteroatoms. The third-order valence-electron chi connectivity index (χ3n) is 6.45. The summed E-state index contributed by atoms with van der Waals surface area (Å²) >= 11 is 0. The summed E-state index contributed by atoms with van der Waals surface area (Å²) in [6.07, 6.45) is 6.99. The summed E-state index contributed by atoms with van der Waals surface area (Å²) in [5.74, 6) is 0.946. The molecule has 1 saturated heterocycles. The van der Waals surface area contributed by atoms with E-state index in [0.717, 1.165) is 59.6 Å². The number of aliphatic imine (C=N–C) groups is 1. The first-order valence-electron chi connectivity index (χ1n) is 11.9. The van der Waals surface area contributed by atoms with Crippen molar-refractivity contribution < 1.29 is 9.53 Å². The first-order valence-corrected chi connectivity index (χ1v) is 11.9. The normalized spacial score (nSPS) is 18.9. The summed E-state index contributed by atoms with van der Waals surface area (Å²) in [7, 11) is 5.52. The second kappa shape index (κ2) is 9.99. The Morgan fingerprint density at radius 2 is 2.06 bits per heavy atom. The van der Waals surface area contributed by atoms with Gasteiger partial charge in [-0.2, -0.15) is 0 Å². The van der Waals surface area contributed by atoms with Crippen LogP contribution in [0.25, 0.3) is 10.9 Å². The Kier molecular flexibility index (Phi) is 6.61. The van der Waals surface area contributed by atoms with Gasteiger partial charge >= 0.3 is 0 Å². The van der Waals surface area contributed by atoms with E-state index in [4.69, 9.17) is 9.73 Å². The topological polar surface area (TPSA) is 128 Å². The Bertz CT molecular complexity index is 1320. The molecule has 0 saturated carbocycles. The maximum absolute atomic E-state index is 12.8. The average molecular weight is 493 g/mol. The van der Waals surface area contributed by atoms with Crippen LogP contribution < -0.4 is 20.7 Å². The maximum Gasteiger partial charge on any atom is 0.256 e. The summed E-state index contributed by atoms with van der Waals surface area (Å²) in [5, 5.41) is 14.8. The number of rotatable bonds is 7. The average Bonchev–Trinajstić information content (AvgIpc) is 3.45. The number of piperazine rings is 1. The maximum atomic E-state index is 12.8. The number of H-pyrrole nitrogens is 1. The van der Waals surface area contributed by atoms with E-state index in [1.165, 1.54) is 0 Å². The molecular weight excluding hydrogens is 460 g/mol. The number of hydrogen-bond acceptors (Lipinski definition) is 9. The van der Waals surface area contributed by atoms with Crippen molar-refractivity contribution in [2.45, 2.75) is 13.2 Å². The Morgan fingerprint density at radius 1 is 1.25 bits per heavy atom. The predicted octanol–water partition coefficient (Wildman–Crippen LogP) is 1.18. The smallest absolute Gasteiger partial charge is 0.256 e. The van der Waals surface area contributed by atoms with Crippen LogP contribution in [0.1, 0.15) is 12.5 Å². The van der Waals surface area contributed by atoms with E-state index < -0.39 is 6.29 Å². The fourth-order valence-electron chi connectivity index (χ4n) is 4.49. The Labute approximate surface area is 209 Å². The number of nitrogens with one attached hydrogen (secondary N) is 4. The molecule has 36 heavy (non-hydrogen) atoms. The number of ether oxygens (including phenoxy) is 1. The summed E-state index contributed by atoms with van der Waals surface area (Å²) in [6, 6.07) is 1.93. The number of nitrogens with zero attached hydrogens (tertiary/aromatic N) is 6. The van der Waals surface area contributed by atoms with E-state index in [0.29, 0.717) is 18.2 Å². The van der Waals surface area contributed by atoms with Gasteiger partial charge in [-0.1, -0.05) is 0 Å². The standard InChI is InChI=1S/C24H32N10O2/c1-15-11-27-24(28-18-13-33(3)31-23(18)36-4)30-20(15)17-12-26-21-16(17)5-6-25-22(21)29-19(35)14-34-9-7-32(2)8-10-34/h5-6,11-13,24,26-28H,7-10,14H2,1-4H3,(H,25,29,35). The monoisotopic (exact) mass is 492 g/mol. The van der Waals surface area contributed by atoms with Crippen LogP contribution in [0, 0.1) is 0 Å². The first kappa shape index (κ1) is 23.8. The van der Waals surface area contributed by atoms with E-state index >= 15 is 0 Å². The van der Waals surface area contributed by atoms with Gasteiger partial charge in [0.1, 0.15) is 5.69 Å². The second-order valence-corrected chi connectivity index (χ2v) is 9.16. The molecule has 0 spiro atoms. The fraction of sp³-hybridized carbons (Fsp3) is 0.417. The van der Waals surface area contributed by atoms with E-state index in [-0.39, 0.29) is 5.91 Å². The van der Waals surface area contributed by atoms with Gasteiger partial charge in [0.2, 0.25) is 5.91 Å². The van der Waals surface area contributed by atoms with Crippen LogP contribution in [0.5, 0.6) is 5.88 Å². The summed E-state index contributed by atoms with van der Waals surface area (Å²) in [4.78, 5) is 29.8. The molecule has 0 aromatic carbocycles. The van der Waals surface area contributed by atoms with Crippen LogP contribution in [-0.2, 0) is 11.8 Å². The number of amides is 1. The van der Waals surface area contributed by atoms with Crippen molar-refractivity contribution in [3.05, 3.63) is 42.0 Å². The lowest BCUT2D eigenvalue weighted by atomic mass is 10.0. The summed E-state index contributed by atoms with van der Waals surface area (Å²) in [6.45, 7) is 6.06. The number of carbonyl (C=O) groups excluding carboxylic acids is 1. The zero-order chi connectivity index (χ0) is 25.2. The molecule has 12 nitrogen and oxygen atoms in total. The van der Waals surface area contributed by atoms with Crippen molar-refractivity contribution in [3.8, 4) is 5.88 Å². The molecule has 1 atom stereocenters. The first-order chi connectivity index (χ1) is 17.4. The Hall–Kier alpha value is -3.90. The number of fused-ring (bicyclic) bond motifs is 1. The number of methoxy groups -OCH3 is 1. The molecule has 5 heterocycles. The largest absolute Gasteiger partial charge is 0.478 e. The molecule has 0 aliphatic carbocycles. The van der Waals surface area contributed by atoms with Crippen molar-refractivity contribution in [2.24, 2.45) is 12.0 Å². The minimum Gasteiger partial charge on any atom is -0.478 e. The molecule has 1 amide bonds. The third kappa shape index (κ3) is 4.90. The van der Waals surface area contributed by atoms with Gasteiger partial charge in [-0.25, -0.2) is 9.98 Å². The van der Waals surface area contributed by atoms with Gasteiger partial charge in [0.05, 0.1) is 31.1 Å². The quantitative estimate of drug-likeness (QED) is 0.387. The van der Waals surface area contributed by atoms with Gasteiger partial charge in [0.15, 0.2) is 12.1 Å². The highest BCUT2D eigenvalue weighted by atomic mass is 16.5. The molecule has 0 bridgehead atoms. The molecule has 1 fully saturated rings. The van der Waals surface area contributed by atoms with Crippen LogP contribution in [0.15, 0.2) is 41.4 Å². The molecule has 1 unspecified atom stereocenters.